The predicted molar refractivity (Wildman–Crippen MR) is 110 cm³/mol. The van der Waals surface area contributed by atoms with E-state index in [1.807, 2.05) is 12.1 Å². The van der Waals surface area contributed by atoms with Gasteiger partial charge in [-0.25, -0.2) is 8.42 Å². The second kappa shape index (κ2) is 8.73. The summed E-state index contributed by atoms with van der Waals surface area (Å²) in [5, 5.41) is 2.36. The van der Waals surface area contributed by atoms with Crippen molar-refractivity contribution in [1.82, 2.24) is 9.62 Å². The van der Waals surface area contributed by atoms with Crippen LogP contribution in [0.1, 0.15) is 22.7 Å². The molecule has 10 heteroatoms. The van der Waals surface area contributed by atoms with Gasteiger partial charge in [-0.1, -0.05) is 6.07 Å². The molecule has 28 heavy (non-hydrogen) atoms. The Labute approximate surface area is 173 Å². The lowest BCUT2D eigenvalue weighted by Gasteiger charge is -2.23. The Balaban J connectivity index is 1.86. The zero-order chi connectivity index (χ0) is 20.3. The maximum atomic E-state index is 13.2. The van der Waals surface area contributed by atoms with Gasteiger partial charge in [-0.05, 0) is 29.8 Å². The van der Waals surface area contributed by atoms with Crippen LogP contribution in [-0.2, 0) is 21.4 Å². The Bertz CT molecular complexity index is 958. The number of nitrogens with zero attached hydrogens (tertiary/aromatic N) is 1. The van der Waals surface area contributed by atoms with Gasteiger partial charge in [0.15, 0.2) is 11.5 Å². The molecule has 7 nitrogen and oxygen atoms in total. The fourth-order valence-corrected chi connectivity index (χ4v) is 7.54. The van der Waals surface area contributed by atoms with Crippen LogP contribution < -0.4 is 14.8 Å². The van der Waals surface area contributed by atoms with Gasteiger partial charge in [0.2, 0.25) is 5.91 Å². The van der Waals surface area contributed by atoms with Gasteiger partial charge in [-0.15, -0.1) is 23.1 Å². The molecule has 0 radical (unpaired) electrons. The van der Waals surface area contributed by atoms with Crippen molar-refractivity contribution in [2.45, 2.75) is 23.1 Å². The van der Waals surface area contributed by atoms with E-state index in [4.69, 9.17) is 9.47 Å². The number of sulfonamides is 1. The third kappa shape index (κ3) is 4.29. The molecule has 1 N–H and O–H groups in total. The summed E-state index contributed by atoms with van der Waals surface area (Å²) in [6, 6.07) is 8.81. The summed E-state index contributed by atoms with van der Waals surface area (Å²) >= 11 is 2.76. The molecule has 1 aromatic carbocycles. The minimum Gasteiger partial charge on any atom is -0.493 e. The molecule has 0 bridgehead atoms. The molecular formula is C18H22N2O5S3. The molecular weight excluding hydrogens is 420 g/mol. The summed E-state index contributed by atoms with van der Waals surface area (Å²) in [7, 11) is -0.524. The first-order valence-corrected chi connectivity index (χ1v) is 11.9. The van der Waals surface area contributed by atoms with Crippen molar-refractivity contribution in [2.24, 2.45) is 0 Å². The van der Waals surface area contributed by atoms with Crippen molar-refractivity contribution in [2.75, 3.05) is 26.5 Å². The second-order valence-electron chi connectivity index (χ2n) is 6.08. The number of amides is 1. The van der Waals surface area contributed by atoms with E-state index in [1.165, 1.54) is 22.6 Å². The highest BCUT2D eigenvalue weighted by Gasteiger charge is 2.38. The third-order valence-electron chi connectivity index (χ3n) is 4.25. The van der Waals surface area contributed by atoms with Crippen LogP contribution in [-0.4, -0.2) is 45.1 Å². The monoisotopic (exact) mass is 442 g/mol. The average Bonchev–Trinajstić information content (AvgIpc) is 3.35. The van der Waals surface area contributed by atoms with Crippen LogP contribution in [0.2, 0.25) is 0 Å². The summed E-state index contributed by atoms with van der Waals surface area (Å²) in [5.74, 6) is 1.73. The Kier molecular flexibility index (Phi) is 6.54. The molecule has 1 saturated heterocycles. The lowest BCUT2D eigenvalue weighted by atomic mass is 10.2. The van der Waals surface area contributed by atoms with Crippen molar-refractivity contribution < 1.29 is 22.7 Å². The lowest BCUT2D eigenvalue weighted by Crippen LogP contribution is -2.30. The number of benzene rings is 1. The maximum Gasteiger partial charge on any atom is 0.253 e. The first-order valence-electron chi connectivity index (χ1n) is 8.55. The zero-order valence-corrected chi connectivity index (χ0v) is 18.2. The molecule has 1 fully saturated rings. The quantitative estimate of drug-likeness (QED) is 0.710. The highest BCUT2D eigenvalue weighted by atomic mass is 32.2. The number of carbonyl (C=O) groups is 1. The minimum absolute atomic E-state index is 0.151. The van der Waals surface area contributed by atoms with Crippen LogP contribution in [0, 0.1) is 0 Å². The Morgan fingerprint density at radius 1 is 1.21 bits per heavy atom. The number of thioether (sulfide) groups is 1. The summed E-state index contributed by atoms with van der Waals surface area (Å²) < 4.78 is 38.9. The van der Waals surface area contributed by atoms with E-state index in [-0.39, 0.29) is 15.5 Å². The number of ether oxygens (including phenoxy) is 2. The first kappa shape index (κ1) is 21.0. The normalized spacial score (nSPS) is 17.5. The van der Waals surface area contributed by atoms with Crippen LogP contribution in [0.25, 0.3) is 0 Å². The van der Waals surface area contributed by atoms with Gasteiger partial charge in [0.1, 0.15) is 4.21 Å². The van der Waals surface area contributed by atoms with Crippen LogP contribution in [0.5, 0.6) is 11.5 Å². The lowest BCUT2D eigenvalue weighted by molar-refractivity contribution is -0.119. The molecule has 1 aliphatic rings. The van der Waals surface area contributed by atoms with E-state index >= 15 is 0 Å². The fraction of sp³-hybridized carbons (Fsp3) is 0.389. The third-order valence-corrected chi connectivity index (χ3v) is 9.06. The number of nitrogens with one attached hydrogen (secondary N) is 1. The highest BCUT2D eigenvalue weighted by molar-refractivity contribution is 8.01. The average molecular weight is 443 g/mol. The molecule has 152 valence electrons. The van der Waals surface area contributed by atoms with Gasteiger partial charge < -0.3 is 14.8 Å². The number of methoxy groups -OCH3 is 2. The van der Waals surface area contributed by atoms with Crippen molar-refractivity contribution >= 4 is 39.0 Å². The molecule has 1 aliphatic heterocycles. The first-order chi connectivity index (χ1) is 13.4. The van der Waals surface area contributed by atoms with Crippen LogP contribution in [0.3, 0.4) is 0 Å². The minimum atomic E-state index is -3.64. The number of hydrogen-bond donors (Lipinski definition) is 1. The molecule has 2 heterocycles. The molecule has 3 rings (SSSR count). The Morgan fingerprint density at radius 3 is 2.64 bits per heavy atom. The SMILES string of the molecule is COc1ccc(C2SCCN2S(=O)(=O)c2ccc(CNC(C)=O)s2)cc1OC. The maximum absolute atomic E-state index is 13.2. The molecule has 1 aromatic heterocycles. The van der Waals surface area contributed by atoms with Gasteiger partial charge in [0, 0.05) is 24.1 Å². The van der Waals surface area contributed by atoms with Crippen molar-refractivity contribution in [3.05, 3.63) is 40.8 Å². The van der Waals surface area contributed by atoms with E-state index < -0.39 is 10.0 Å². The van der Waals surface area contributed by atoms with E-state index in [0.29, 0.717) is 30.3 Å². The van der Waals surface area contributed by atoms with Crippen molar-refractivity contribution in [3.8, 4) is 11.5 Å². The zero-order valence-electron chi connectivity index (χ0n) is 15.8. The molecule has 0 aliphatic carbocycles. The summed E-state index contributed by atoms with van der Waals surface area (Å²) in [4.78, 5) is 11.9. The molecule has 1 atom stereocenters. The number of carbonyl (C=O) groups excluding carboxylic acids is 1. The second-order valence-corrected chi connectivity index (χ2v) is 10.6. The van der Waals surface area contributed by atoms with Gasteiger partial charge in [0.05, 0.1) is 26.1 Å². The standard InChI is InChI=1S/C18H22N2O5S3/c1-12(21)19-11-14-5-7-17(27-14)28(22,23)20-8-9-26-18(20)13-4-6-15(24-2)16(10-13)25-3/h4-7,10,18H,8-9,11H2,1-3H3,(H,19,21). The smallest absolute Gasteiger partial charge is 0.253 e. The molecule has 0 saturated carbocycles. The van der Waals surface area contributed by atoms with Crippen molar-refractivity contribution in [1.29, 1.82) is 0 Å². The number of rotatable bonds is 7. The van der Waals surface area contributed by atoms with E-state index in [2.05, 4.69) is 5.32 Å². The largest absolute Gasteiger partial charge is 0.493 e. The molecule has 0 spiro atoms. The van der Waals surface area contributed by atoms with Gasteiger partial charge in [0.25, 0.3) is 10.0 Å². The highest BCUT2D eigenvalue weighted by Crippen LogP contribution is 2.44. The number of hydrogen-bond acceptors (Lipinski definition) is 7. The Morgan fingerprint density at radius 2 is 1.96 bits per heavy atom. The summed E-state index contributed by atoms with van der Waals surface area (Å²) in [6.07, 6.45) is 0. The van der Waals surface area contributed by atoms with Crippen molar-refractivity contribution in [3.63, 3.8) is 0 Å². The van der Waals surface area contributed by atoms with Crippen LogP contribution in [0.4, 0.5) is 0 Å². The molecule has 2 aromatic rings. The van der Waals surface area contributed by atoms with Gasteiger partial charge >= 0.3 is 0 Å². The topological polar surface area (TPSA) is 84.9 Å². The van der Waals surface area contributed by atoms with Crippen LogP contribution >= 0.6 is 23.1 Å². The predicted octanol–water partition coefficient (Wildman–Crippen LogP) is 2.84. The fourth-order valence-electron chi connectivity index (χ4n) is 2.89. The summed E-state index contributed by atoms with van der Waals surface area (Å²) in [5.41, 5.74) is 0.846. The molecule has 1 amide bonds. The van der Waals surface area contributed by atoms with E-state index in [1.54, 1.807) is 44.2 Å². The Hall–Kier alpha value is -1.75. The van der Waals surface area contributed by atoms with Gasteiger partial charge in [-0.2, -0.15) is 4.31 Å². The van der Waals surface area contributed by atoms with E-state index in [0.717, 1.165) is 10.4 Å². The number of thiophene rings is 1. The summed E-state index contributed by atoms with van der Waals surface area (Å²) in [6.45, 7) is 2.19. The van der Waals surface area contributed by atoms with Crippen LogP contribution in [0.15, 0.2) is 34.5 Å². The van der Waals surface area contributed by atoms with E-state index in [9.17, 15) is 13.2 Å². The van der Waals surface area contributed by atoms with Gasteiger partial charge in [-0.3, -0.25) is 4.79 Å². The molecule has 1 unspecified atom stereocenters.